The van der Waals surface area contributed by atoms with E-state index in [0.29, 0.717) is 28.1 Å². The number of benzene rings is 3. The van der Waals surface area contributed by atoms with Gasteiger partial charge in [0.2, 0.25) is 0 Å². The molecule has 180 valence electrons. The Hall–Kier alpha value is -4.01. The lowest BCUT2D eigenvalue weighted by atomic mass is 10.1. The number of fused-ring (bicyclic) bond motifs is 1. The van der Waals surface area contributed by atoms with Crippen molar-refractivity contribution in [1.29, 1.82) is 0 Å². The van der Waals surface area contributed by atoms with Crippen LogP contribution in [0.5, 0.6) is 5.75 Å². The summed E-state index contributed by atoms with van der Waals surface area (Å²) >= 11 is 0. The maximum atomic E-state index is 13.7. The molecular formula is C27H25FN2O5. The molecule has 3 aromatic rings. The summed E-state index contributed by atoms with van der Waals surface area (Å²) in [5.74, 6) is -0.336. The van der Waals surface area contributed by atoms with E-state index in [2.05, 4.69) is 5.32 Å². The largest absolute Gasteiger partial charge is 0.449 e. The van der Waals surface area contributed by atoms with Crippen molar-refractivity contribution in [2.24, 2.45) is 0 Å². The van der Waals surface area contributed by atoms with Gasteiger partial charge in [0.1, 0.15) is 5.82 Å². The van der Waals surface area contributed by atoms with Gasteiger partial charge in [0.25, 0.3) is 11.8 Å². The molecule has 1 aliphatic rings. The van der Waals surface area contributed by atoms with Crippen molar-refractivity contribution in [3.8, 4) is 5.75 Å². The molecule has 7 nitrogen and oxygen atoms in total. The average molecular weight is 477 g/mol. The number of anilines is 1. The summed E-state index contributed by atoms with van der Waals surface area (Å²) in [6.07, 6.45) is 1.08. The molecule has 8 heteroatoms. The van der Waals surface area contributed by atoms with Crippen molar-refractivity contribution in [1.82, 2.24) is 5.32 Å². The summed E-state index contributed by atoms with van der Waals surface area (Å²) < 4.78 is 29.7. The van der Waals surface area contributed by atoms with Crippen LogP contribution >= 0.6 is 0 Å². The number of rotatable bonds is 8. The Kier molecular flexibility index (Phi) is 7.54. The molecular weight excluding hydrogens is 451 g/mol. The van der Waals surface area contributed by atoms with E-state index in [-0.39, 0.29) is 36.5 Å². The molecule has 0 spiro atoms. The molecule has 4 rings (SSSR count). The summed E-state index contributed by atoms with van der Waals surface area (Å²) in [5, 5.41) is 2.74. The van der Waals surface area contributed by atoms with E-state index < -0.39 is 6.29 Å². The molecule has 0 aromatic heterocycles. The SMILES string of the molecule is COC(CNC(=O)c1ccc(/C=C2\Oc3ccccc3N(Cc3cccc(F)c3)C2=O)cc1)OC. The molecule has 0 atom stereocenters. The van der Waals surface area contributed by atoms with Crippen LogP contribution in [0.25, 0.3) is 6.08 Å². The summed E-state index contributed by atoms with van der Waals surface area (Å²) in [6, 6.07) is 20.1. The van der Waals surface area contributed by atoms with Gasteiger partial charge in [-0.15, -0.1) is 0 Å². The van der Waals surface area contributed by atoms with E-state index in [4.69, 9.17) is 14.2 Å². The van der Waals surface area contributed by atoms with Crippen molar-refractivity contribution < 1.29 is 28.2 Å². The second kappa shape index (κ2) is 10.9. The number of hydrogen-bond acceptors (Lipinski definition) is 5. The third-order valence-corrected chi connectivity index (χ3v) is 5.49. The number of hydrogen-bond donors (Lipinski definition) is 1. The molecule has 1 N–H and O–H groups in total. The predicted octanol–water partition coefficient (Wildman–Crippen LogP) is 4.14. The predicted molar refractivity (Wildman–Crippen MR) is 129 cm³/mol. The van der Waals surface area contributed by atoms with Gasteiger partial charge in [-0.2, -0.15) is 0 Å². The van der Waals surface area contributed by atoms with E-state index in [1.807, 2.05) is 12.1 Å². The van der Waals surface area contributed by atoms with Crippen LogP contribution in [0.2, 0.25) is 0 Å². The lowest BCUT2D eigenvalue weighted by Crippen LogP contribution is -2.36. The molecule has 0 aliphatic carbocycles. The van der Waals surface area contributed by atoms with Crippen molar-refractivity contribution in [3.63, 3.8) is 0 Å². The molecule has 0 unspecified atom stereocenters. The zero-order chi connectivity index (χ0) is 24.8. The Labute approximate surface area is 202 Å². The number of ether oxygens (including phenoxy) is 3. The number of halogens is 1. The Morgan fingerprint density at radius 1 is 1.06 bits per heavy atom. The normalized spacial score (nSPS) is 14.1. The number of carbonyl (C=O) groups excluding carboxylic acids is 2. The molecule has 0 saturated carbocycles. The number of nitrogens with one attached hydrogen (secondary N) is 1. The zero-order valence-electron chi connectivity index (χ0n) is 19.4. The van der Waals surface area contributed by atoms with E-state index in [1.165, 1.54) is 26.4 Å². The highest BCUT2D eigenvalue weighted by atomic mass is 19.1. The van der Waals surface area contributed by atoms with E-state index in [0.717, 1.165) is 0 Å². The highest BCUT2D eigenvalue weighted by molar-refractivity contribution is 6.09. The van der Waals surface area contributed by atoms with Crippen LogP contribution in [0.1, 0.15) is 21.5 Å². The lowest BCUT2D eigenvalue weighted by Gasteiger charge is -2.30. The minimum Gasteiger partial charge on any atom is -0.449 e. The Morgan fingerprint density at radius 3 is 2.51 bits per heavy atom. The first kappa shape index (κ1) is 24.1. The number of amides is 2. The first-order valence-electron chi connectivity index (χ1n) is 11.0. The van der Waals surface area contributed by atoms with E-state index in [1.54, 1.807) is 59.5 Å². The van der Waals surface area contributed by atoms with Crippen LogP contribution in [0.3, 0.4) is 0 Å². The van der Waals surface area contributed by atoms with Gasteiger partial charge in [-0.3, -0.25) is 14.5 Å². The number of para-hydroxylation sites is 2. The Morgan fingerprint density at radius 2 is 1.80 bits per heavy atom. The topological polar surface area (TPSA) is 77.1 Å². The maximum absolute atomic E-state index is 13.7. The van der Waals surface area contributed by atoms with Gasteiger partial charge in [-0.05, 0) is 53.6 Å². The van der Waals surface area contributed by atoms with Crippen LogP contribution in [0, 0.1) is 5.82 Å². The van der Waals surface area contributed by atoms with Crippen molar-refractivity contribution in [3.05, 3.63) is 101 Å². The van der Waals surface area contributed by atoms with E-state index in [9.17, 15) is 14.0 Å². The molecule has 0 radical (unpaired) electrons. The minimum atomic E-state index is -0.532. The second-order valence-electron chi connectivity index (χ2n) is 7.83. The van der Waals surface area contributed by atoms with Gasteiger partial charge in [0.15, 0.2) is 17.8 Å². The summed E-state index contributed by atoms with van der Waals surface area (Å²) in [7, 11) is 2.99. The fraction of sp³-hybridized carbons (Fsp3) is 0.185. The van der Waals surface area contributed by atoms with Crippen LogP contribution < -0.4 is 15.0 Å². The van der Waals surface area contributed by atoms with Gasteiger partial charge in [0, 0.05) is 19.8 Å². The van der Waals surface area contributed by atoms with E-state index >= 15 is 0 Å². The highest BCUT2D eigenvalue weighted by Gasteiger charge is 2.30. The van der Waals surface area contributed by atoms with Gasteiger partial charge in [-0.1, -0.05) is 36.4 Å². The molecule has 2 amide bonds. The third kappa shape index (κ3) is 5.74. The lowest BCUT2D eigenvalue weighted by molar-refractivity contribution is -0.117. The molecule has 35 heavy (non-hydrogen) atoms. The summed E-state index contributed by atoms with van der Waals surface area (Å²) in [4.78, 5) is 27.2. The van der Waals surface area contributed by atoms with Gasteiger partial charge in [-0.25, -0.2) is 4.39 Å². The average Bonchev–Trinajstić information content (AvgIpc) is 2.87. The number of methoxy groups -OCH3 is 2. The first-order chi connectivity index (χ1) is 17.0. The molecule has 0 saturated heterocycles. The third-order valence-electron chi connectivity index (χ3n) is 5.49. The number of nitrogens with zero attached hydrogens (tertiary/aromatic N) is 1. The summed E-state index contributed by atoms with van der Waals surface area (Å²) in [6.45, 7) is 0.401. The Bertz CT molecular complexity index is 1240. The fourth-order valence-corrected chi connectivity index (χ4v) is 3.66. The number of carbonyl (C=O) groups is 2. The quantitative estimate of drug-likeness (QED) is 0.391. The second-order valence-corrected chi connectivity index (χ2v) is 7.83. The zero-order valence-corrected chi connectivity index (χ0v) is 19.4. The van der Waals surface area contributed by atoms with Crippen molar-refractivity contribution in [2.75, 3.05) is 25.7 Å². The molecule has 3 aromatic carbocycles. The fourth-order valence-electron chi connectivity index (χ4n) is 3.66. The molecule has 0 bridgehead atoms. The molecule has 0 fully saturated rings. The first-order valence-corrected chi connectivity index (χ1v) is 11.0. The Balaban J connectivity index is 1.54. The monoisotopic (exact) mass is 476 g/mol. The van der Waals surface area contributed by atoms with Gasteiger partial charge in [0.05, 0.1) is 18.8 Å². The molecule has 1 heterocycles. The van der Waals surface area contributed by atoms with Crippen molar-refractivity contribution in [2.45, 2.75) is 12.8 Å². The highest BCUT2D eigenvalue weighted by Crippen LogP contribution is 2.36. The van der Waals surface area contributed by atoms with Crippen LogP contribution in [-0.4, -0.2) is 38.9 Å². The van der Waals surface area contributed by atoms with Crippen LogP contribution in [0.4, 0.5) is 10.1 Å². The molecule has 1 aliphatic heterocycles. The van der Waals surface area contributed by atoms with Crippen LogP contribution in [-0.2, 0) is 20.8 Å². The summed E-state index contributed by atoms with van der Waals surface area (Å²) in [5.41, 5.74) is 2.40. The standard InChI is InChI=1S/C27H25FN2O5/c1-33-25(34-2)16-29-26(31)20-12-10-18(11-13-20)15-24-27(32)30(17-19-6-5-7-21(28)14-19)22-8-3-4-9-23(22)35-24/h3-15,25H,16-17H2,1-2H3,(H,29,31)/b24-15-. The van der Waals surface area contributed by atoms with Crippen LogP contribution in [0.15, 0.2) is 78.6 Å². The smallest absolute Gasteiger partial charge is 0.294 e. The van der Waals surface area contributed by atoms with Crippen molar-refractivity contribution >= 4 is 23.6 Å². The van der Waals surface area contributed by atoms with Gasteiger partial charge >= 0.3 is 0 Å². The maximum Gasteiger partial charge on any atom is 0.294 e. The minimum absolute atomic E-state index is 0.125. The van der Waals surface area contributed by atoms with Gasteiger partial charge < -0.3 is 19.5 Å².